The molecule has 0 fully saturated rings. The van der Waals surface area contributed by atoms with E-state index >= 15 is 0 Å². The molecule has 0 radical (unpaired) electrons. The Labute approximate surface area is 122 Å². The number of hydrazine groups is 1. The Hall–Kier alpha value is -2.26. The first-order valence-corrected chi connectivity index (χ1v) is 6.23. The molecule has 0 saturated heterocycles. The SMILES string of the molecule is Cc1cnc(NN)nc1Oc1cccc([N+](=O)[O-])c1Br. The van der Waals surface area contributed by atoms with Crippen LogP contribution in [0.25, 0.3) is 0 Å². The highest BCUT2D eigenvalue weighted by molar-refractivity contribution is 9.10. The van der Waals surface area contributed by atoms with Crippen molar-refractivity contribution in [1.29, 1.82) is 0 Å². The van der Waals surface area contributed by atoms with Crippen LogP contribution < -0.4 is 16.0 Å². The molecule has 1 aromatic carbocycles. The highest BCUT2D eigenvalue weighted by Crippen LogP contribution is 2.36. The number of nitrogens with two attached hydrogens (primary N) is 1. The van der Waals surface area contributed by atoms with Crippen LogP contribution in [-0.2, 0) is 0 Å². The summed E-state index contributed by atoms with van der Waals surface area (Å²) in [7, 11) is 0. The minimum absolute atomic E-state index is 0.0913. The third-order valence-electron chi connectivity index (χ3n) is 2.40. The Morgan fingerprint density at radius 2 is 2.25 bits per heavy atom. The van der Waals surface area contributed by atoms with E-state index in [0.717, 1.165) is 0 Å². The maximum atomic E-state index is 10.9. The van der Waals surface area contributed by atoms with Crippen LogP contribution in [0.1, 0.15) is 5.56 Å². The highest BCUT2D eigenvalue weighted by Gasteiger charge is 2.17. The van der Waals surface area contributed by atoms with Crippen LogP contribution in [0.3, 0.4) is 0 Å². The van der Waals surface area contributed by atoms with E-state index in [9.17, 15) is 10.1 Å². The van der Waals surface area contributed by atoms with Crippen LogP contribution in [0, 0.1) is 17.0 Å². The smallest absolute Gasteiger partial charge is 0.287 e. The summed E-state index contributed by atoms with van der Waals surface area (Å²) in [6.45, 7) is 1.75. The van der Waals surface area contributed by atoms with Crippen molar-refractivity contribution >= 4 is 27.6 Å². The van der Waals surface area contributed by atoms with Gasteiger partial charge in [-0.2, -0.15) is 4.98 Å². The molecular formula is C11H10BrN5O3. The zero-order valence-electron chi connectivity index (χ0n) is 10.3. The number of benzene rings is 1. The molecular weight excluding hydrogens is 330 g/mol. The number of hydrogen-bond donors (Lipinski definition) is 2. The van der Waals surface area contributed by atoms with Gasteiger partial charge in [-0.15, -0.1) is 0 Å². The third kappa shape index (κ3) is 2.83. The summed E-state index contributed by atoms with van der Waals surface area (Å²) in [5.41, 5.74) is 2.88. The fourth-order valence-electron chi connectivity index (χ4n) is 1.42. The predicted octanol–water partition coefficient (Wildman–Crippen LogP) is 2.53. The number of aryl methyl sites for hydroxylation is 1. The number of nitro groups is 1. The molecule has 0 aliphatic rings. The Kier molecular flexibility index (Phi) is 4.11. The van der Waals surface area contributed by atoms with Crippen LogP contribution in [0.15, 0.2) is 28.9 Å². The summed E-state index contributed by atoms with van der Waals surface area (Å²) in [6, 6.07) is 4.49. The fraction of sp³-hybridized carbons (Fsp3) is 0.0909. The lowest BCUT2D eigenvalue weighted by Gasteiger charge is -2.09. The zero-order chi connectivity index (χ0) is 14.7. The van der Waals surface area contributed by atoms with E-state index in [1.165, 1.54) is 18.3 Å². The number of ether oxygens (including phenoxy) is 1. The quantitative estimate of drug-likeness (QED) is 0.499. The lowest BCUT2D eigenvalue weighted by atomic mass is 10.3. The summed E-state index contributed by atoms with van der Waals surface area (Å²) in [5.74, 6) is 5.95. The molecule has 1 heterocycles. The first-order valence-electron chi connectivity index (χ1n) is 5.44. The first kappa shape index (κ1) is 14.2. The number of aromatic nitrogens is 2. The van der Waals surface area contributed by atoms with Crippen molar-refractivity contribution in [3.63, 3.8) is 0 Å². The van der Waals surface area contributed by atoms with E-state index in [1.807, 2.05) is 0 Å². The van der Waals surface area contributed by atoms with Crippen molar-refractivity contribution in [1.82, 2.24) is 9.97 Å². The van der Waals surface area contributed by atoms with Gasteiger partial charge in [-0.25, -0.2) is 10.8 Å². The third-order valence-corrected chi connectivity index (χ3v) is 3.20. The van der Waals surface area contributed by atoms with Crippen LogP contribution in [-0.4, -0.2) is 14.9 Å². The average Bonchev–Trinajstić information content (AvgIpc) is 2.43. The number of nitrogen functional groups attached to an aromatic ring is 1. The number of anilines is 1. The van der Waals surface area contributed by atoms with E-state index < -0.39 is 4.92 Å². The molecule has 104 valence electrons. The molecule has 3 N–H and O–H groups in total. The highest BCUT2D eigenvalue weighted by atomic mass is 79.9. The molecule has 0 unspecified atom stereocenters. The standard InChI is InChI=1S/C11H10BrN5O3/c1-6-5-14-11(16-13)15-10(6)20-8-4-2-3-7(9(8)12)17(18)19/h2-5H,13H2,1H3,(H,14,15,16). The molecule has 2 rings (SSSR count). The summed E-state index contributed by atoms with van der Waals surface area (Å²) >= 11 is 3.15. The largest absolute Gasteiger partial charge is 0.437 e. The fourth-order valence-corrected chi connectivity index (χ4v) is 1.91. The van der Waals surface area contributed by atoms with Gasteiger partial charge in [0.2, 0.25) is 11.8 Å². The van der Waals surface area contributed by atoms with Crippen molar-refractivity contribution in [3.05, 3.63) is 44.5 Å². The van der Waals surface area contributed by atoms with Gasteiger partial charge in [-0.05, 0) is 28.9 Å². The van der Waals surface area contributed by atoms with Crippen molar-refractivity contribution in [2.45, 2.75) is 6.92 Å². The van der Waals surface area contributed by atoms with E-state index in [1.54, 1.807) is 13.0 Å². The molecule has 0 saturated carbocycles. The number of nitrogens with one attached hydrogen (secondary N) is 1. The summed E-state index contributed by atoms with van der Waals surface area (Å²) in [5, 5.41) is 10.9. The van der Waals surface area contributed by atoms with E-state index in [0.29, 0.717) is 5.56 Å². The van der Waals surface area contributed by atoms with Gasteiger partial charge < -0.3 is 4.74 Å². The Morgan fingerprint density at radius 3 is 2.90 bits per heavy atom. The summed E-state index contributed by atoms with van der Waals surface area (Å²) in [4.78, 5) is 18.3. The van der Waals surface area contributed by atoms with Crippen molar-refractivity contribution < 1.29 is 9.66 Å². The molecule has 0 aliphatic heterocycles. The number of nitro benzene ring substituents is 1. The van der Waals surface area contributed by atoms with E-state index in [2.05, 4.69) is 31.3 Å². The van der Waals surface area contributed by atoms with Gasteiger partial charge in [0.1, 0.15) is 4.47 Å². The number of hydrogen-bond acceptors (Lipinski definition) is 7. The predicted molar refractivity (Wildman–Crippen MR) is 75.4 cm³/mol. The second-order valence-corrected chi connectivity index (χ2v) is 4.57. The zero-order valence-corrected chi connectivity index (χ0v) is 11.9. The average molecular weight is 340 g/mol. The second kappa shape index (κ2) is 5.80. The number of rotatable bonds is 4. The van der Waals surface area contributed by atoms with Gasteiger partial charge in [-0.1, -0.05) is 6.07 Å². The Bertz CT molecular complexity index is 665. The second-order valence-electron chi connectivity index (χ2n) is 3.77. The molecule has 0 bridgehead atoms. The Balaban J connectivity index is 2.40. The molecule has 0 aliphatic carbocycles. The van der Waals surface area contributed by atoms with Crippen LogP contribution >= 0.6 is 15.9 Å². The van der Waals surface area contributed by atoms with Gasteiger partial charge in [0.25, 0.3) is 5.69 Å². The lowest BCUT2D eigenvalue weighted by Crippen LogP contribution is -2.11. The van der Waals surface area contributed by atoms with Crippen molar-refractivity contribution in [3.8, 4) is 11.6 Å². The first-order chi connectivity index (χ1) is 9.52. The maximum absolute atomic E-state index is 10.9. The van der Waals surface area contributed by atoms with Gasteiger partial charge in [0.05, 0.1) is 4.92 Å². The summed E-state index contributed by atoms with van der Waals surface area (Å²) in [6.07, 6.45) is 1.53. The maximum Gasteiger partial charge on any atom is 0.287 e. The molecule has 0 spiro atoms. The topological polar surface area (TPSA) is 116 Å². The molecule has 20 heavy (non-hydrogen) atoms. The van der Waals surface area contributed by atoms with Gasteiger partial charge >= 0.3 is 0 Å². The van der Waals surface area contributed by atoms with Crippen LogP contribution in [0.2, 0.25) is 0 Å². The van der Waals surface area contributed by atoms with Crippen LogP contribution in [0.4, 0.5) is 11.6 Å². The van der Waals surface area contributed by atoms with Crippen molar-refractivity contribution in [2.24, 2.45) is 5.84 Å². The minimum Gasteiger partial charge on any atom is -0.437 e. The molecule has 9 heteroatoms. The van der Waals surface area contributed by atoms with Gasteiger partial charge in [0, 0.05) is 17.8 Å². The molecule has 0 amide bonds. The monoisotopic (exact) mass is 339 g/mol. The molecule has 0 atom stereocenters. The molecule has 2 aromatic rings. The van der Waals surface area contributed by atoms with Crippen molar-refractivity contribution in [2.75, 3.05) is 5.43 Å². The van der Waals surface area contributed by atoms with E-state index in [-0.39, 0.29) is 27.7 Å². The number of nitrogens with zero attached hydrogens (tertiary/aromatic N) is 3. The van der Waals surface area contributed by atoms with Gasteiger partial charge in [-0.3, -0.25) is 15.5 Å². The molecule has 8 nitrogen and oxygen atoms in total. The molecule has 1 aromatic heterocycles. The number of halogens is 1. The summed E-state index contributed by atoms with van der Waals surface area (Å²) < 4.78 is 5.82. The van der Waals surface area contributed by atoms with E-state index in [4.69, 9.17) is 10.6 Å². The Morgan fingerprint density at radius 1 is 1.50 bits per heavy atom. The normalized spacial score (nSPS) is 10.2. The van der Waals surface area contributed by atoms with Gasteiger partial charge in [0.15, 0.2) is 5.75 Å². The lowest BCUT2D eigenvalue weighted by molar-refractivity contribution is -0.385. The van der Waals surface area contributed by atoms with Crippen LogP contribution in [0.5, 0.6) is 11.6 Å². The minimum atomic E-state index is -0.503.